The lowest BCUT2D eigenvalue weighted by Gasteiger charge is -2.29. The van der Waals surface area contributed by atoms with E-state index in [1.807, 2.05) is 32.0 Å². The van der Waals surface area contributed by atoms with Gasteiger partial charge >= 0.3 is 5.97 Å². The fourth-order valence-electron chi connectivity index (χ4n) is 3.01. The van der Waals surface area contributed by atoms with Crippen molar-refractivity contribution in [3.8, 4) is 5.75 Å². The van der Waals surface area contributed by atoms with E-state index in [1.54, 1.807) is 0 Å². The number of ether oxygens (including phenoxy) is 3. The number of rotatable bonds is 6. The summed E-state index contributed by atoms with van der Waals surface area (Å²) < 4.78 is 16.7. The Morgan fingerprint density at radius 1 is 1.26 bits per heavy atom. The zero-order valence-electron chi connectivity index (χ0n) is 14.6. The van der Waals surface area contributed by atoms with E-state index in [-0.39, 0.29) is 18.4 Å². The third-order valence-corrected chi connectivity index (χ3v) is 4.50. The lowest BCUT2D eigenvalue weighted by Crippen LogP contribution is -2.28. The zero-order valence-corrected chi connectivity index (χ0v) is 14.6. The molecule has 1 fully saturated rings. The standard InChI is InChI=1S/C19H28O4/c1-5-15-8-11-18(17(12-15)19(20)21-4)23-14(3)22-16-9-6-13(2)7-10-16/h8,11-14,16H,5-7,9-10H2,1-4H3. The third-order valence-electron chi connectivity index (χ3n) is 4.50. The second-order valence-corrected chi connectivity index (χ2v) is 6.38. The van der Waals surface area contributed by atoms with E-state index in [0.29, 0.717) is 11.3 Å². The van der Waals surface area contributed by atoms with Gasteiger partial charge in [-0.1, -0.05) is 19.9 Å². The van der Waals surface area contributed by atoms with Gasteiger partial charge in [-0.05, 0) is 62.6 Å². The van der Waals surface area contributed by atoms with Gasteiger partial charge < -0.3 is 14.2 Å². The summed E-state index contributed by atoms with van der Waals surface area (Å²) in [6.45, 7) is 6.22. The molecule has 4 nitrogen and oxygen atoms in total. The normalized spacial score (nSPS) is 22.4. The van der Waals surface area contributed by atoms with E-state index in [1.165, 1.54) is 20.0 Å². The van der Waals surface area contributed by atoms with Crippen LogP contribution >= 0.6 is 0 Å². The van der Waals surface area contributed by atoms with Gasteiger partial charge in [-0.2, -0.15) is 0 Å². The molecule has 0 N–H and O–H groups in total. The van der Waals surface area contributed by atoms with Crippen molar-refractivity contribution in [2.45, 2.75) is 65.3 Å². The van der Waals surface area contributed by atoms with Crippen molar-refractivity contribution in [1.29, 1.82) is 0 Å². The molecule has 23 heavy (non-hydrogen) atoms. The highest BCUT2D eigenvalue weighted by molar-refractivity contribution is 5.92. The van der Waals surface area contributed by atoms with Crippen LogP contribution in [0.25, 0.3) is 0 Å². The largest absolute Gasteiger partial charge is 0.465 e. The summed E-state index contributed by atoms with van der Waals surface area (Å²) in [4.78, 5) is 12.0. The molecule has 1 aromatic rings. The van der Waals surface area contributed by atoms with Crippen molar-refractivity contribution in [3.05, 3.63) is 29.3 Å². The molecule has 1 atom stereocenters. The highest BCUT2D eigenvalue weighted by atomic mass is 16.7. The van der Waals surface area contributed by atoms with Crippen LogP contribution in [0.1, 0.15) is 62.4 Å². The van der Waals surface area contributed by atoms with Crippen LogP contribution in [-0.2, 0) is 15.9 Å². The van der Waals surface area contributed by atoms with Crippen molar-refractivity contribution >= 4 is 5.97 Å². The number of esters is 1. The number of benzene rings is 1. The first-order valence-corrected chi connectivity index (χ1v) is 8.56. The SMILES string of the molecule is CCc1ccc(OC(C)OC2CCC(C)CC2)c(C(=O)OC)c1. The first-order valence-electron chi connectivity index (χ1n) is 8.56. The number of carbonyl (C=O) groups is 1. The van der Waals surface area contributed by atoms with Gasteiger partial charge in [0, 0.05) is 0 Å². The van der Waals surface area contributed by atoms with Crippen LogP contribution < -0.4 is 4.74 Å². The monoisotopic (exact) mass is 320 g/mol. The summed E-state index contributed by atoms with van der Waals surface area (Å²) >= 11 is 0. The first-order chi connectivity index (χ1) is 11.0. The van der Waals surface area contributed by atoms with Gasteiger partial charge in [-0.15, -0.1) is 0 Å². The van der Waals surface area contributed by atoms with Crippen LogP contribution in [0, 0.1) is 5.92 Å². The zero-order chi connectivity index (χ0) is 16.8. The molecule has 1 aliphatic carbocycles. The van der Waals surface area contributed by atoms with Gasteiger partial charge in [0.05, 0.1) is 13.2 Å². The number of carbonyl (C=O) groups excluding carboxylic acids is 1. The summed E-state index contributed by atoms with van der Waals surface area (Å²) in [5, 5.41) is 0. The van der Waals surface area contributed by atoms with Gasteiger partial charge in [-0.3, -0.25) is 0 Å². The lowest BCUT2D eigenvalue weighted by atomic mass is 9.89. The fourth-order valence-corrected chi connectivity index (χ4v) is 3.01. The van der Waals surface area contributed by atoms with E-state index < -0.39 is 0 Å². The minimum absolute atomic E-state index is 0.248. The third kappa shape index (κ3) is 4.96. The molecule has 0 saturated heterocycles. The van der Waals surface area contributed by atoms with E-state index in [2.05, 4.69) is 6.92 Å². The van der Waals surface area contributed by atoms with Crippen LogP contribution in [-0.4, -0.2) is 25.5 Å². The quantitative estimate of drug-likeness (QED) is 0.577. The van der Waals surface area contributed by atoms with E-state index in [9.17, 15) is 4.79 Å². The van der Waals surface area contributed by atoms with E-state index >= 15 is 0 Å². The van der Waals surface area contributed by atoms with Crippen LogP contribution in [0.2, 0.25) is 0 Å². The van der Waals surface area contributed by atoms with Crippen molar-refractivity contribution in [3.63, 3.8) is 0 Å². The molecule has 2 rings (SSSR count). The smallest absolute Gasteiger partial charge is 0.341 e. The summed E-state index contributed by atoms with van der Waals surface area (Å²) in [6, 6.07) is 5.63. The number of hydrogen-bond donors (Lipinski definition) is 0. The molecule has 0 spiro atoms. The number of aryl methyl sites for hydroxylation is 1. The van der Waals surface area contributed by atoms with E-state index in [0.717, 1.165) is 30.7 Å². The van der Waals surface area contributed by atoms with Crippen molar-refractivity contribution in [2.75, 3.05) is 7.11 Å². The molecule has 0 aromatic heterocycles. The maximum Gasteiger partial charge on any atom is 0.341 e. The van der Waals surface area contributed by atoms with Crippen LogP contribution in [0.5, 0.6) is 5.75 Å². The predicted molar refractivity (Wildman–Crippen MR) is 89.8 cm³/mol. The molecular formula is C19H28O4. The van der Waals surface area contributed by atoms with Gasteiger partial charge in [-0.25, -0.2) is 4.79 Å². The summed E-state index contributed by atoms with van der Waals surface area (Å²) in [5.74, 6) is 0.929. The number of hydrogen-bond acceptors (Lipinski definition) is 4. The second kappa shape index (κ2) is 8.34. The molecule has 1 aromatic carbocycles. The van der Waals surface area contributed by atoms with Crippen molar-refractivity contribution < 1.29 is 19.0 Å². The van der Waals surface area contributed by atoms with Gasteiger partial charge in [0.15, 0.2) is 6.29 Å². The van der Waals surface area contributed by atoms with Crippen molar-refractivity contribution in [2.24, 2.45) is 5.92 Å². The molecule has 1 aliphatic rings. The minimum atomic E-state index is -0.385. The average molecular weight is 320 g/mol. The van der Waals surface area contributed by atoms with Crippen molar-refractivity contribution in [1.82, 2.24) is 0 Å². The molecule has 0 amide bonds. The van der Waals surface area contributed by atoms with Gasteiger partial charge in [0.1, 0.15) is 11.3 Å². The molecule has 1 saturated carbocycles. The molecule has 1 unspecified atom stereocenters. The average Bonchev–Trinajstić information content (AvgIpc) is 2.56. The Morgan fingerprint density at radius 2 is 1.96 bits per heavy atom. The Hall–Kier alpha value is -1.55. The van der Waals surface area contributed by atoms with Gasteiger partial charge in [0.25, 0.3) is 0 Å². The molecule has 128 valence electrons. The summed E-state index contributed by atoms with van der Waals surface area (Å²) in [5.41, 5.74) is 1.53. The van der Waals surface area contributed by atoms with Gasteiger partial charge in [0.2, 0.25) is 0 Å². The van der Waals surface area contributed by atoms with Crippen LogP contribution in [0.15, 0.2) is 18.2 Å². The Kier molecular flexibility index (Phi) is 6.46. The predicted octanol–water partition coefficient (Wildman–Crippen LogP) is 4.36. The Labute approximate surface area is 139 Å². The molecular weight excluding hydrogens is 292 g/mol. The summed E-state index contributed by atoms with van der Waals surface area (Å²) in [7, 11) is 1.38. The highest BCUT2D eigenvalue weighted by Crippen LogP contribution is 2.28. The molecule has 4 heteroatoms. The Bertz CT molecular complexity index is 518. The first kappa shape index (κ1) is 17.8. The molecule has 0 radical (unpaired) electrons. The minimum Gasteiger partial charge on any atom is -0.465 e. The van der Waals surface area contributed by atoms with Crippen LogP contribution in [0.4, 0.5) is 0 Å². The Balaban J connectivity index is 2.02. The fraction of sp³-hybridized carbons (Fsp3) is 0.632. The molecule has 0 heterocycles. The molecule has 0 aliphatic heterocycles. The molecule has 0 bridgehead atoms. The lowest BCUT2D eigenvalue weighted by molar-refractivity contribution is -0.119. The Morgan fingerprint density at radius 3 is 2.57 bits per heavy atom. The summed E-state index contributed by atoms with van der Waals surface area (Å²) in [6.07, 6.45) is 5.28. The topological polar surface area (TPSA) is 44.8 Å². The maximum absolute atomic E-state index is 12.0. The van der Waals surface area contributed by atoms with Crippen LogP contribution in [0.3, 0.4) is 0 Å². The highest BCUT2D eigenvalue weighted by Gasteiger charge is 2.22. The second-order valence-electron chi connectivity index (χ2n) is 6.38. The van der Waals surface area contributed by atoms with E-state index in [4.69, 9.17) is 14.2 Å². The number of methoxy groups -OCH3 is 1. The maximum atomic E-state index is 12.0.